The van der Waals surface area contributed by atoms with E-state index in [-0.39, 0.29) is 5.91 Å². The van der Waals surface area contributed by atoms with Gasteiger partial charge in [-0.05, 0) is 62.2 Å². The summed E-state index contributed by atoms with van der Waals surface area (Å²) in [7, 11) is 1.57. The van der Waals surface area contributed by atoms with E-state index < -0.39 is 0 Å². The molecule has 0 unspecified atom stereocenters. The monoisotopic (exact) mass is 398 g/mol. The second-order valence-electron chi connectivity index (χ2n) is 4.04. The number of halogens is 2. The number of nitrogens with one attached hydrogen (secondary N) is 1. The summed E-state index contributed by atoms with van der Waals surface area (Å²) in [5, 5.41) is 2.80. The van der Waals surface area contributed by atoms with Crippen molar-refractivity contribution < 1.29 is 9.53 Å². The van der Waals surface area contributed by atoms with Gasteiger partial charge in [0.25, 0.3) is 5.91 Å². The van der Waals surface area contributed by atoms with Crippen LogP contribution < -0.4 is 15.8 Å². The Morgan fingerprint density at radius 1 is 1.15 bits per heavy atom. The molecular formula is C14H12Br2N2O2. The van der Waals surface area contributed by atoms with E-state index in [2.05, 4.69) is 37.2 Å². The number of hydrogen-bond acceptors (Lipinski definition) is 3. The lowest BCUT2D eigenvalue weighted by atomic mass is 10.2. The number of methoxy groups -OCH3 is 1. The fourth-order valence-electron chi connectivity index (χ4n) is 1.65. The number of ether oxygens (including phenoxy) is 1. The van der Waals surface area contributed by atoms with E-state index in [1.807, 2.05) is 6.07 Å². The zero-order chi connectivity index (χ0) is 14.7. The van der Waals surface area contributed by atoms with Gasteiger partial charge in [-0.15, -0.1) is 0 Å². The number of hydrogen-bond donors (Lipinski definition) is 2. The second kappa shape index (κ2) is 6.28. The van der Waals surface area contributed by atoms with Gasteiger partial charge in [0.1, 0.15) is 5.75 Å². The van der Waals surface area contributed by atoms with E-state index in [0.29, 0.717) is 27.2 Å². The van der Waals surface area contributed by atoms with Crippen LogP contribution in [0, 0.1) is 0 Å². The molecule has 0 atom stereocenters. The third kappa shape index (κ3) is 3.32. The summed E-state index contributed by atoms with van der Waals surface area (Å²) in [6.45, 7) is 0. The number of amides is 1. The van der Waals surface area contributed by atoms with Gasteiger partial charge in [-0.25, -0.2) is 0 Å². The first-order chi connectivity index (χ1) is 9.51. The van der Waals surface area contributed by atoms with E-state index in [1.165, 1.54) is 0 Å². The van der Waals surface area contributed by atoms with E-state index in [9.17, 15) is 4.79 Å². The van der Waals surface area contributed by atoms with Gasteiger partial charge in [-0.3, -0.25) is 4.79 Å². The summed E-state index contributed by atoms with van der Waals surface area (Å²) in [6.07, 6.45) is 0. The zero-order valence-electron chi connectivity index (χ0n) is 10.6. The number of carbonyl (C=O) groups is 1. The molecule has 0 fully saturated rings. The largest absolute Gasteiger partial charge is 0.495 e. The van der Waals surface area contributed by atoms with E-state index in [0.717, 1.165) is 4.47 Å². The molecule has 2 aromatic rings. The van der Waals surface area contributed by atoms with Crippen LogP contribution in [0.4, 0.5) is 11.4 Å². The van der Waals surface area contributed by atoms with Gasteiger partial charge in [-0.2, -0.15) is 0 Å². The summed E-state index contributed by atoms with van der Waals surface area (Å²) >= 11 is 6.70. The van der Waals surface area contributed by atoms with Crippen LogP contribution in [0.2, 0.25) is 0 Å². The summed E-state index contributed by atoms with van der Waals surface area (Å²) < 4.78 is 6.70. The van der Waals surface area contributed by atoms with Crippen LogP contribution in [0.1, 0.15) is 10.4 Å². The van der Waals surface area contributed by atoms with Gasteiger partial charge in [0.15, 0.2) is 0 Å². The second-order valence-corrected chi connectivity index (χ2v) is 5.75. The predicted molar refractivity (Wildman–Crippen MR) is 87.2 cm³/mol. The highest BCUT2D eigenvalue weighted by molar-refractivity contribution is 9.10. The van der Waals surface area contributed by atoms with Crippen molar-refractivity contribution in [2.24, 2.45) is 0 Å². The average molecular weight is 400 g/mol. The predicted octanol–water partition coefficient (Wildman–Crippen LogP) is 4.05. The normalized spacial score (nSPS) is 10.2. The highest BCUT2D eigenvalue weighted by Crippen LogP contribution is 2.28. The molecule has 0 saturated carbocycles. The number of rotatable bonds is 3. The van der Waals surface area contributed by atoms with Crippen molar-refractivity contribution in [1.29, 1.82) is 0 Å². The van der Waals surface area contributed by atoms with Crippen molar-refractivity contribution in [2.75, 3.05) is 18.2 Å². The fourth-order valence-corrected chi connectivity index (χ4v) is 2.49. The molecule has 0 radical (unpaired) electrons. The quantitative estimate of drug-likeness (QED) is 0.765. The molecule has 0 aliphatic heterocycles. The van der Waals surface area contributed by atoms with Crippen LogP contribution in [-0.4, -0.2) is 13.0 Å². The molecule has 0 aromatic heterocycles. The third-order valence-corrected chi connectivity index (χ3v) is 3.99. The third-order valence-electron chi connectivity index (χ3n) is 2.64. The minimum Gasteiger partial charge on any atom is -0.495 e. The van der Waals surface area contributed by atoms with Crippen molar-refractivity contribution in [3.63, 3.8) is 0 Å². The molecule has 4 nitrogen and oxygen atoms in total. The summed E-state index contributed by atoms with van der Waals surface area (Å²) in [5.41, 5.74) is 7.35. The number of benzene rings is 2. The maximum atomic E-state index is 12.2. The first kappa shape index (κ1) is 14.9. The topological polar surface area (TPSA) is 64.3 Å². The van der Waals surface area contributed by atoms with Crippen molar-refractivity contribution in [2.45, 2.75) is 0 Å². The Morgan fingerprint density at radius 2 is 1.85 bits per heavy atom. The number of anilines is 2. The van der Waals surface area contributed by atoms with Gasteiger partial charge in [0.2, 0.25) is 0 Å². The minimum atomic E-state index is -0.242. The highest BCUT2D eigenvalue weighted by Gasteiger charge is 2.11. The average Bonchev–Trinajstić information content (AvgIpc) is 2.43. The lowest BCUT2D eigenvalue weighted by Gasteiger charge is -2.10. The fraction of sp³-hybridized carbons (Fsp3) is 0.0714. The Morgan fingerprint density at radius 3 is 2.55 bits per heavy atom. The van der Waals surface area contributed by atoms with Gasteiger partial charge >= 0.3 is 0 Å². The maximum absolute atomic E-state index is 12.2. The summed E-state index contributed by atoms with van der Waals surface area (Å²) in [6, 6.07) is 10.4. The molecule has 0 aliphatic rings. The minimum absolute atomic E-state index is 0.242. The first-order valence-corrected chi connectivity index (χ1v) is 7.30. The lowest BCUT2D eigenvalue weighted by molar-refractivity contribution is 0.102. The SMILES string of the molecule is COc1cc(NC(=O)c2cc(N)ccc2Br)ccc1Br. The molecule has 2 aromatic carbocycles. The van der Waals surface area contributed by atoms with E-state index in [4.69, 9.17) is 10.5 Å². The molecule has 2 rings (SSSR count). The molecule has 6 heteroatoms. The number of nitrogen functional groups attached to an aromatic ring is 1. The Bertz CT molecular complexity index is 660. The summed E-state index contributed by atoms with van der Waals surface area (Å²) in [5.74, 6) is 0.406. The molecule has 0 bridgehead atoms. The molecule has 0 heterocycles. The maximum Gasteiger partial charge on any atom is 0.256 e. The lowest BCUT2D eigenvalue weighted by Crippen LogP contribution is -2.13. The van der Waals surface area contributed by atoms with Gasteiger partial charge in [-0.1, -0.05) is 0 Å². The van der Waals surface area contributed by atoms with Crippen molar-refractivity contribution in [1.82, 2.24) is 0 Å². The Labute approximate surface area is 133 Å². The number of carbonyl (C=O) groups excluding carboxylic acids is 1. The van der Waals surface area contributed by atoms with Crippen molar-refractivity contribution >= 4 is 49.1 Å². The zero-order valence-corrected chi connectivity index (χ0v) is 13.8. The van der Waals surface area contributed by atoms with Gasteiger partial charge in [0.05, 0.1) is 17.1 Å². The first-order valence-electron chi connectivity index (χ1n) is 5.71. The van der Waals surface area contributed by atoms with Crippen LogP contribution in [0.5, 0.6) is 5.75 Å². The molecular weight excluding hydrogens is 388 g/mol. The molecule has 3 N–H and O–H groups in total. The molecule has 0 aliphatic carbocycles. The van der Waals surface area contributed by atoms with Gasteiger partial charge < -0.3 is 15.8 Å². The standard InChI is InChI=1S/C14H12Br2N2O2/c1-20-13-7-9(3-5-12(13)16)18-14(19)10-6-8(17)2-4-11(10)15/h2-7H,17H2,1H3,(H,18,19). The van der Waals surface area contributed by atoms with Crippen LogP contribution in [-0.2, 0) is 0 Å². The van der Waals surface area contributed by atoms with E-state index >= 15 is 0 Å². The Hall–Kier alpha value is -1.53. The Kier molecular flexibility index (Phi) is 4.67. The molecule has 1 amide bonds. The molecule has 0 saturated heterocycles. The molecule has 104 valence electrons. The molecule has 0 spiro atoms. The number of nitrogens with two attached hydrogens (primary N) is 1. The van der Waals surface area contributed by atoms with Crippen LogP contribution in [0.15, 0.2) is 45.3 Å². The molecule has 20 heavy (non-hydrogen) atoms. The van der Waals surface area contributed by atoms with Gasteiger partial charge in [0, 0.05) is 21.9 Å². The van der Waals surface area contributed by atoms with Crippen LogP contribution >= 0.6 is 31.9 Å². The Balaban J connectivity index is 2.25. The van der Waals surface area contributed by atoms with Crippen LogP contribution in [0.25, 0.3) is 0 Å². The van der Waals surface area contributed by atoms with E-state index in [1.54, 1.807) is 37.4 Å². The highest BCUT2D eigenvalue weighted by atomic mass is 79.9. The van der Waals surface area contributed by atoms with Crippen molar-refractivity contribution in [3.05, 3.63) is 50.9 Å². The van der Waals surface area contributed by atoms with Crippen LogP contribution in [0.3, 0.4) is 0 Å². The van der Waals surface area contributed by atoms with Crippen molar-refractivity contribution in [3.8, 4) is 5.75 Å². The summed E-state index contributed by atoms with van der Waals surface area (Å²) in [4.78, 5) is 12.2. The smallest absolute Gasteiger partial charge is 0.256 e.